The molecule has 2 rings (SSSR count). The number of benzene rings is 1. The Kier molecular flexibility index (Phi) is 4.72. The van der Waals surface area contributed by atoms with Crippen LogP contribution in [-0.4, -0.2) is 15.0 Å². The van der Waals surface area contributed by atoms with Gasteiger partial charge >= 0.3 is 0 Å². The quantitative estimate of drug-likeness (QED) is 0.764. The third-order valence-corrected chi connectivity index (χ3v) is 3.05. The Labute approximate surface area is 124 Å². The lowest BCUT2D eigenvalue weighted by Gasteiger charge is -2.09. The van der Waals surface area contributed by atoms with Crippen LogP contribution < -0.4 is 4.74 Å². The summed E-state index contributed by atoms with van der Waals surface area (Å²) >= 11 is 0. The highest BCUT2D eigenvalue weighted by molar-refractivity contribution is 5.30. The molecule has 2 aromatic rings. The molecule has 0 saturated heterocycles. The van der Waals surface area contributed by atoms with E-state index in [1.807, 2.05) is 31.2 Å². The van der Waals surface area contributed by atoms with Crippen molar-refractivity contribution in [3.8, 4) is 11.8 Å². The summed E-state index contributed by atoms with van der Waals surface area (Å²) < 4.78 is 7.43. The largest absolute Gasteiger partial charge is 0.487 e. The van der Waals surface area contributed by atoms with Crippen LogP contribution >= 0.6 is 0 Å². The van der Waals surface area contributed by atoms with E-state index in [9.17, 15) is 0 Å². The molecule has 1 aromatic carbocycles. The highest BCUT2D eigenvalue weighted by Crippen LogP contribution is 2.16. The monoisotopic (exact) mass is 282 g/mol. The van der Waals surface area contributed by atoms with E-state index < -0.39 is 0 Å². The molecule has 1 aromatic heterocycles. The minimum atomic E-state index is 0.260. The van der Waals surface area contributed by atoms with E-state index in [0.717, 1.165) is 17.7 Å². The van der Waals surface area contributed by atoms with Crippen molar-refractivity contribution in [2.75, 3.05) is 0 Å². The minimum absolute atomic E-state index is 0.260. The Morgan fingerprint density at radius 2 is 2.29 bits per heavy atom. The zero-order valence-electron chi connectivity index (χ0n) is 12.3. The van der Waals surface area contributed by atoms with Crippen LogP contribution in [0.15, 0.2) is 36.4 Å². The summed E-state index contributed by atoms with van der Waals surface area (Å²) in [5.74, 6) is 0.779. The number of hydrogen-bond acceptors (Lipinski definition) is 4. The average Bonchev–Trinajstić information content (AvgIpc) is 2.86. The summed E-state index contributed by atoms with van der Waals surface area (Å²) in [6.07, 6.45) is 0.954. The zero-order valence-corrected chi connectivity index (χ0v) is 12.3. The van der Waals surface area contributed by atoms with Crippen molar-refractivity contribution in [3.63, 3.8) is 0 Å². The molecule has 0 bridgehead atoms. The summed E-state index contributed by atoms with van der Waals surface area (Å²) in [5, 5.41) is 16.9. The molecular formula is C16H18N4O. The van der Waals surface area contributed by atoms with Gasteiger partial charge in [0.15, 0.2) is 5.69 Å². The molecule has 0 atom stereocenters. The molecule has 0 saturated carbocycles. The van der Waals surface area contributed by atoms with Gasteiger partial charge in [0, 0.05) is 0 Å². The van der Waals surface area contributed by atoms with Crippen molar-refractivity contribution in [2.24, 2.45) is 0 Å². The van der Waals surface area contributed by atoms with Crippen molar-refractivity contribution >= 4 is 0 Å². The number of nitrogens with zero attached hydrogens (tertiary/aromatic N) is 4. The number of nitriles is 1. The molecule has 5 nitrogen and oxygen atoms in total. The molecule has 0 N–H and O–H groups in total. The Morgan fingerprint density at radius 3 is 2.95 bits per heavy atom. The van der Waals surface area contributed by atoms with Gasteiger partial charge in [0.1, 0.15) is 24.1 Å². The number of aryl methyl sites for hydroxylation is 1. The first-order valence-corrected chi connectivity index (χ1v) is 6.82. The summed E-state index contributed by atoms with van der Waals surface area (Å²) in [6, 6.07) is 9.96. The van der Waals surface area contributed by atoms with Crippen molar-refractivity contribution in [2.45, 2.75) is 33.4 Å². The maximum Gasteiger partial charge on any atom is 0.189 e. The molecule has 21 heavy (non-hydrogen) atoms. The van der Waals surface area contributed by atoms with Gasteiger partial charge < -0.3 is 4.74 Å². The Hall–Kier alpha value is -2.61. The molecule has 1 heterocycles. The van der Waals surface area contributed by atoms with Crippen LogP contribution in [0.3, 0.4) is 0 Å². The predicted molar refractivity (Wildman–Crippen MR) is 79.7 cm³/mol. The van der Waals surface area contributed by atoms with E-state index in [4.69, 9.17) is 10.00 Å². The minimum Gasteiger partial charge on any atom is -0.487 e. The standard InChI is InChI=1S/C16H18N4O/c1-4-13-6-5-7-14(8-13)21-11-16-15(9-17)18-19-20(16)10-12(2)3/h5-8H,2,4,10-11H2,1,3H3. The fraction of sp³-hybridized carbons (Fsp3) is 0.312. The highest BCUT2D eigenvalue weighted by Gasteiger charge is 2.13. The van der Waals surface area contributed by atoms with Gasteiger partial charge in [0.25, 0.3) is 0 Å². The Balaban J connectivity index is 2.16. The van der Waals surface area contributed by atoms with Crippen molar-refractivity contribution in [1.29, 1.82) is 5.26 Å². The number of ether oxygens (including phenoxy) is 1. The first kappa shape index (κ1) is 14.8. The molecule has 108 valence electrons. The van der Waals surface area contributed by atoms with Crippen LogP contribution in [0, 0.1) is 11.3 Å². The molecule has 0 aliphatic carbocycles. The lowest BCUT2D eigenvalue weighted by Crippen LogP contribution is -2.09. The van der Waals surface area contributed by atoms with Gasteiger partial charge in [-0.1, -0.05) is 36.4 Å². The first-order valence-electron chi connectivity index (χ1n) is 6.82. The van der Waals surface area contributed by atoms with E-state index in [-0.39, 0.29) is 6.61 Å². The van der Waals surface area contributed by atoms with Gasteiger partial charge in [-0.15, -0.1) is 5.10 Å². The molecule has 0 fully saturated rings. The summed E-state index contributed by atoms with van der Waals surface area (Å²) in [5.41, 5.74) is 3.12. The summed E-state index contributed by atoms with van der Waals surface area (Å²) in [6.45, 7) is 8.65. The second-order valence-electron chi connectivity index (χ2n) is 4.90. The lowest BCUT2D eigenvalue weighted by atomic mass is 10.2. The Morgan fingerprint density at radius 1 is 1.48 bits per heavy atom. The third-order valence-electron chi connectivity index (χ3n) is 3.05. The second kappa shape index (κ2) is 6.71. The first-order chi connectivity index (χ1) is 10.1. The van der Waals surface area contributed by atoms with Gasteiger partial charge in [0.05, 0.1) is 6.54 Å². The topological polar surface area (TPSA) is 63.7 Å². The number of hydrogen-bond donors (Lipinski definition) is 0. The SMILES string of the molecule is C=C(C)Cn1nnc(C#N)c1COc1cccc(CC)c1. The van der Waals surface area contributed by atoms with Crippen LogP contribution in [0.25, 0.3) is 0 Å². The molecule has 0 unspecified atom stereocenters. The van der Waals surface area contributed by atoms with Crippen LogP contribution in [0.4, 0.5) is 0 Å². The van der Waals surface area contributed by atoms with Crippen molar-refractivity contribution in [1.82, 2.24) is 15.0 Å². The third kappa shape index (κ3) is 3.69. The number of aromatic nitrogens is 3. The lowest BCUT2D eigenvalue weighted by molar-refractivity contribution is 0.292. The van der Waals surface area contributed by atoms with Crippen LogP contribution in [0.2, 0.25) is 0 Å². The normalized spacial score (nSPS) is 10.1. The van der Waals surface area contributed by atoms with Gasteiger partial charge in [-0.05, 0) is 31.0 Å². The van der Waals surface area contributed by atoms with E-state index >= 15 is 0 Å². The molecular weight excluding hydrogens is 264 g/mol. The van der Waals surface area contributed by atoms with Gasteiger partial charge in [-0.2, -0.15) is 5.26 Å². The number of rotatable bonds is 6. The maximum atomic E-state index is 9.10. The number of allylic oxidation sites excluding steroid dienone is 1. The van der Waals surface area contributed by atoms with E-state index in [1.165, 1.54) is 5.56 Å². The molecule has 0 radical (unpaired) electrons. The maximum absolute atomic E-state index is 9.10. The van der Waals surface area contributed by atoms with Crippen LogP contribution in [0.5, 0.6) is 5.75 Å². The summed E-state index contributed by atoms with van der Waals surface area (Å²) in [4.78, 5) is 0. The fourth-order valence-corrected chi connectivity index (χ4v) is 1.95. The van der Waals surface area contributed by atoms with E-state index in [0.29, 0.717) is 17.9 Å². The van der Waals surface area contributed by atoms with Gasteiger partial charge in [-0.25, -0.2) is 4.68 Å². The zero-order chi connectivity index (χ0) is 15.2. The summed E-state index contributed by atoms with van der Waals surface area (Å²) in [7, 11) is 0. The fourth-order valence-electron chi connectivity index (χ4n) is 1.95. The average molecular weight is 282 g/mol. The van der Waals surface area contributed by atoms with E-state index in [1.54, 1.807) is 4.68 Å². The molecule has 0 aliphatic heterocycles. The molecule has 0 aliphatic rings. The Bertz CT molecular complexity index is 682. The highest BCUT2D eigenvalue weighted by atomic mass is 16.5. The molecule has 0 amide bonds. The van der Waals surface area contributed by atoms with Crippen molar-refractivity contribution < 1.29 is 4.74 Å². The van der Waals surface area contributed by atoms with Gasteiger partial charge in [0.2, 0.25) is 0 Å². The molecule has 5 heteroatoms. The second-order valence-corrected chi connectivity index (χ2v) is 4.90. The van der Waals surface area contributed by atoms with Crippen LogP contribution in [-0.2, 0) is 19.6 Å². The molecule has 0 spiro atoms. The van der Waals surface area contributed by atoms with Crippen molar-refractivity contribution in [3.05, 3.63) is 53.4 Å². The van der Waals surface area contributed by atoms with E-state index in [2.05, 4.69) is 29.9 Å². The predicted octanol–water partition coefficient (Wildman–Crippen LogP) is 2.87. The smallest absolute Gasteiger partial charge is 0.189 e. The van der Waals surface area contributed by atoms with Gasteiger partial charge in [-0.3, -0.25) is 0 Å². The van der Waals surface area contributed by atoms with Crippen LogP contribution in [0.1, 0.15) is 30.8 Å².